The molecule has 0 spiro atoms. The summed E-state index contributed by atoms with van der Waals surface area (Å²) in [6.07, 6.45) is 4.08. The monoisotopic (exact) mass is 252 g/mol. The zero-order chi connectivity index (χ0) is 13.4. The number of rotatable bonds is 8. The molecule has 0 unspecified atom stereocenters. The first kappa shape index (κ1) is 14.7. The van der Waals surface area contributed by atoms with Gasteiger partial charge in [0.25, 0.3) is 0 Å². The molecule has 3 heteroatoms. The Morgan fingerprint density at radius 3 is 2.72 bits per heavy atom. The van der Waals surface area contributed by atoms with Gasteiger partial charge in [-0.2, -0.15) is 0 Å². The first-order chi connectivity index (χ1) is 8.63. The van der Waals surface area contributed by atoms with Crippen LogP contribution in [0.5, 0.6) is 5.75 Å². The van der Waals surface area contributed by atoms with E-state index in [1.165, 1.54) is 6.07 Å². The van der Waals surface area contributed by atoms with Crippen LogP contribution in [-0.4, -0.2) is 12.4 Å². The molecular formula is C15H21FO2. The topological polar surface area (TPSA) is 26.3 Å². The van der Waals surface area contributed by atoms with Crippen molar-refractivity contribution in [2.75, 3.05) is 6.61 Å². The van der Waals surface area contributed by atoms with Gasteiger partial charge in [-0.25, -0.2) is 4.39 Å². The van der Waals surface area contributed by atoms with Crippen LogP contribution in [0.1, 0.15) is 45.1 Å². The Morgan fingerprint density at radius 2 is 2.06 bits per heavy atom. The number of benzene rings is 1. The Bertz CT molecular complexity index is 388. The highest BCUT2D eigenvalue weighted by Crippen LogP contribution is 2.19. The Labute approximate surface area is 108 Å². The van der Waals surface area contributed by atoms with Gasteiger partial charge in [0.15, 0.2) is 0 Å². The lowest BCUT2D eigenvalue weighted by Crippen LogP contribution is -1.96. The summed E-state index contributed by atoms with van der Waals surface area (Å²) >= 11 is 0. The third-order valence-electron chi connectivity index (χ3n) is 2.80. The molecular weight excluding hydrogens is 231 g/mol. The van der Waals surface area contributed by atoms with Crippen LogP contribution in [0.25, 0.3) is 0 Å². The molecule has 1 rings (SSSR count). The number of carbonyl (C=O) groups excluding carboxylic acids is 1. The van der Waals surface area contributed by atoms with Crippen molar-refractivity contribution in [2.24, 2.45) is 0 Å². The van der Waals surface area contributed by atoms with Gasteiger partial charge in [-0.05, 0) is 56.9 Å². The third-order valence-corrected chi connectivity index (χ3v) is 2.80. The maximum Gasteiger partial charge on any atom is 0.129 e. The van der Waals surface area contributed by atoms with Crippen molar-refractivity contribution < 1.29 is 13.9 Å². The molecule has 0 N–H and O–H groups in total. The van der Waals surface area contributed by atoms with Crippen molar-refractivity contribution in [2.45, 2.75) is 46.0 Å². The average Bonchev–Trinajstić information content (AvgIpc) is 2.32. The van der Waals surface area contributed by atoms with Crippen molar-refractivity contribution in [3.05, 3.63) is 29.6 Å². The molecule has 0 aliphatic rings. The fourth-order valence-electron chi connectivity index (χ4n) is 1.87. The minimum atomic E-state index is -0.176. The molecule has 1 aromatic rings. The van der Waals surface area contributed by atoms with Gasteiger partial charge in [0.05, 0.1) is 6.61 Å². The molecule has 0 aliphatic heterocycles. The van der Waals surface area contributed by atoms with Crippen molar-refractivity contribution in [3.8, 4) is 5.75 Å². The van der Waals surface area contributed by atoms with E-state index >= 15 is 0 Å². The van der Waals surface area contributed by atoms with E-state index in [0.29, 0.717) is 25.0 Å². The lowest BCUT2D eigenvalue weighted by Gasteiger charge is -2.07. The minimum absolute atomic E-state index is 0.176. The molecule has 0 aromatic heterocycles. The molecule has 0 radical (unpaired) electrons. The van der Waals surface area contributed by atoms with Gasteiger partial charge < -0.3 is 9.53 Å². The first-order valence-corrected chi connectivity index (χ1v) is 6.54. The fraction of sp³-hybridized carbons (Fsp3) is 0.533. The van der Waals surface area contributed by atoms with E-state index in [-0.39, 0.29) is 11.6 Å². The SMILES string of the molecule is CCOc1ccc(F)c(CCCCCC(C)=O)c1. The number of halogens is 1. The summed E-state index contributed by atoms with van der Waals surface area (Å²) in [5.74, 6) is 0.766. The largest absolute Gasteiger partial charge is 0.494 e. The van der Waals surface area contributed by atoms with Gasteiger partial charge in [-0.3, -0.25) is 0 Å². The van der Waals surface area contributed by atoms with Crippen LogP contribution in [0.2, 0.25) is 0 Å². The smallest absolute Gasteiger partial charge is 0.129 e. The molecule has 0 atom stereocenters. The Hall–Kier alpha value is -1.38. The highest BCUT2D eigenvalue weighted by Gasteiger charge is 2.04. The minimum Gasteiger partial charge on any atom is -0.494 e. The first-order valence-electron chi connectivity index (χ1n) is 6.54. The Balaban J connectivity index is 2.40. The zero-order valence-electron chi connectivity index (χ0n) is 11.2. The van der Waals surface area contributed by atoms with Gasteiger partial charge in [-0.1, -0.05) is 6.42 Å². The molecule has 18 heavy (non-hydrogen) atoms. The van der Waals surface area contributed by atoms with Crippen LogP contribution in [0.15, 0.2) is 18.2 Å². The highest BCUT2D eigenvalue weighted by molar-refractivity contribution is 5.75. The van der Waals surface area contributed by atoms with Crippen molar-refractivity contribution in [1.82, 2.24) is 0 Å². The number of Topliss-reactive ketones (excluding diaryl/α,β-unsaturated/α-hetero) is 1. The number of hydrogen-bond donors (Lipinski definition) is 0. The molecule has 0 amide bonds. The zero-order valence-corrected chi connectivity index (χ0v) is 11.2. The lowest BCUT2D eigenvalue weighted by atomic mass is 10.0. The number of aryl methyl sites for hydroxylation is 1. The molecule has 100 valence electrons. The standard InChI is InChI=1S/C15H21FO2/c1-3-18-14-9-10-15(16)13(11-14)8-6-4-5-7-12(2)17/h9-11H,3-8H2,1-2H3. The van der Waals surface area contributed by atoms with Gasteiger partial charge in [0.2, 0.25) is 0 Å². The summed E-state index contributed by atoms with van der Waals surface area (Å²) in [6, 6.07) is 4.87. The van der Waals surface area contributed by atoms with Crippen LogP contribution in [0.3, 0.4) is 0 Å². The molecule has 0 saturated carbocycles. The Kier molecular flexibility index (Phi) is 6.40. The van der Waals surface area contributed by atoms with Gasteiger partial charge in [0.1, 0.15) is 17.3 Å². The molecule has 1 aromatic carbocycles. The molecule has 0 aliphatic carbocycles. The third kappa shape index (κ3) is 5.30. The summed E-state index contributed by atoms with van der Waals surface area (Å²) in [5, 5.41) is 0. The van der Waals surface area contributed by atoms with Crippen molar-refractivity contribution >= 4 is 5.78 Å². The highest BCUT2D eigenvalue weighted by atomic mass is 19.1. The molecule has 0 fully saturated rings. The normalized spacial score (nSPS) is 10.4. The number of hydrogen-bond acceptors (Lipinski definition) is 2. The van der Waals surface area contributed by atoms with E-state index in [1.807, 2.05) is 6.92 Å². The van der Waals surface area contributed by atoms with Crippen LogP contribution in [0, 0.1) is 5.82 Å². The summed E-state index contributed by atoms with van der Waals surface area (Å²) in [6.45, 7) is 4.10. The van der Waals surface area contributed by atoms with Crippen molar-refractivity contribution in [1.29, 1.82) is 0 Å². The second-order valence-corrected chi connectivity index (χ2v) is 4.45. The molecule has 2 nitrogen and oxygen atoms in total. The van der Waals surface area contributed by atoms with Crippen LogP contribution in [0.4, 0.5) is 4.39 Å². The maximum absolute atomic E-state index is 13.5. The van der Waals surface area contributed by atoms with E-state index in [9.17, 15) is 9.18 Å². The molecule has 0 bridgehead atoms. The van der Waals surface area contributed by atoms with Crippen LogP contribution < -0.4 is 4.74 Å². The predicted molar refractivity (Wildman–Crippen MR) is 70.4 cm³/mol. The summed E-state index contributed by atoms with van der Waals surface area (Å²) in [4.78, 5) is 10.8. The van der Waals surface area contributed by atoms with E-state index in [4.69, 9.17) is 4.74 Å². The average molecular weight is 252 g/mol. The van der Waals surface area contributed by atoms with E-state index in [2.05, 4.69) is 0 Å². The number of ketones is 1. The van der Waals surface area contributed by atoms with E-state index in [0.717, 1.165) is 25.0 Å². The number of carbonyl (C=O) groups is 1. The second kappa shape index (κ2) is 7.85. The fourth-order valence-corrected chi connectivity index (χ4v) is 1.87. The van der Waals surface area contributed by atoms with Crippen LogP contribution in [-0.2, 0) is 11.2 Å². The predicted octanol–water partition coefficient (Wildman–Crippen LogP) is 3.92. The lowest BCUT2D eigenvalue weighted by molar-refractivity contribution is -0.117. The van der Waals surface area contributed by atoms with Crippen LogP contribution >= 0.6 is 0 Å². The summed E-state index contributed by atoms with van der Waals surface area (Å²) in [7, 11) is 0. The summed E-state index contributed by atoms with van der Waals surface area (Å²) in [5.41, 5.74) is 0.698. The van der Waals surface area contributed by atoms with Gasteiger partial charge in [-0.15, -0.1) is 0 Å². The van der Waals surface area contributed by atoms with E-state index < -0.39 is 0 Å². The quantitative estimate of drug-likeness (QED) is 0.655. The number of ether oxygens (including phenoxy) is 1. The number of unbranched alkanes of at least 4 members (excludes halogenated alkanes) is 2. The van der Waals surface area contributed by atoms with Gasteiger partial charge in [0, 0.05) is 6.42 Å². The maximum atomic E-state index is 13.5. The van der Waals surface area contributed by atoms with Gasteiger partial charge >= 0.3 is 0 Å². The second-order valence-electron chi connectivity index (χ2n) is 4.45. The molecule has 0 heterocycles. The Morgan fingerprint density at radius 1 is 1.28 bits per heavy atom. The van der Waals surface area contributed by atoms with Crippen molar-refractivity contribution in [3.63, 3.8) is 0 Å². The molecule has 0 saturated heterocycles. The summed E-state index contributed by atoms with van der Waals surface area (Å²) < 4.78 is 18.9. The van der Waals surface area contributed by atoms with E-state index in [1.54, 1.807) is 19.1 Å².